The zero-order valence-electron chi connectivity index (χ0n) is 10.2. The molecule has 0 bridgehead atoms. The molecule has 6 nitrogen and oxygen atoms in total. The van der Waals surface area contributed by atoms with E-state index in [4.69, 9.17) is 14.6 Å². The fraction of sp³-hybridized carbons (Fsp3) is 0.167. The van der Waals surface area contributed by atoms with Gasteiger partial charge in [-0.1, -0.05) is 0 Å². The molecule has 100 valence electrons. The summed E-state index contributed by atoms with van der Waals surface area (Å²) in [5.41, 5.74) is 1.13. The van der Waals surface area contributed by atoms with Crippen LogP contribution in [0.1, 0.15) is 10.5 Å². The van der Waals surface area contributed by atoms with Crippen LogP contribution >= 0.6 is 15.9 Å². The van der Waals surface area contributed by atoms with Gasteiger partial charge in [-0.05, 0) is 34.1 Å². The van der Waals surface area contributed by atoms with E-state index in [0.717, 1.165) is 4.47 Å². The molecule has 1 aromatic carbocycles. The smallest absolute Gasteiger partial charge is 0.353 e. The lowest BCUT2D eigenvalue weighted by Gasteiger charge is -2.10. The first-order valence-corrected chi connectivity index (χ1v) is 6.06. The Morgan fingerprint density at radius 1 is 1.26 bits per heavy atom. The van der Waals surface area contributed by atoms with E-state index in [9.17, 15) is 4.79 Å². The number of aromatic carboxylic acids is 1. The number of carboxylic acids is 1. The number of benzene rings is 1. The molecule has 0 aliphatic heterocycles. The number of ether oxygens (including phenoxy) is 2. The monoisotopic (exact) mass is 326 g/mol. The normalized spacial score (nSPS) is 10.3. The molecule has 2 aromatic rings. The maximum Gasteiger partial charge on any atom is 0.353 e. The quantitative estimate of drug-likeness (QED) is 0.901. The third-order valence-electron chi connectivity index (χ3n) is 2.56. The fourth-order valence-electron chi connectivity index (χ4n) is 1.63. The van der Waals surface area contributed by atoms with Crippen molar-refractivity contribution < 1.29 is 19.4 Å². The number of nitrogens with zero attached hydrogens (tertiary/aromatic N) is 1. The van der Waals surface area contributed by atoms with Gasteiger partial charge in [0.2, 0.25) is 0 Å². The van der Waals surface area contributed by atoms with Gasteiger partial charge in [0.25, 0.3) is 0 Å². The molecule has 0 spiro atoms. The number of aromatic nitrogens is 2. The standard InChI is InChI=1S/C12H11BrN2O4/c1-18-10-4-7(13)11(19-2)3-6(10)8-5-9(12(16)17)15-14-8/h3-5H,1-2H3,(H,14,15)(H,16,17). The zero-order valence-corrected chi connectivity index (χ0v) is 11.8. The van der Waals surface area contributed by atoms with Crippen molar-refractivity contribution in [1.82, 2.24) is 10.2 Å². The molecule has 0 atom stereocenters. The van der Waals surface area contributed by atoms with Gasteiger partial charge in [-0.2, -0.15) is 5.10 Å². The van der Waals surface area contributed by atoms with Crippen LogP contribution in [-0.4, -0.2) is 35.5 Å². The summed E-state index contributed by atoms with van der Waals surface area (Å²) in [7, 11) is 3.08. The van der Waals surface area contributed by atoms with Crippen molar-refractivity contribution in [2.75, 3.05) is 14.2 Å². The molecule has 2 rings (SSSR count). The number of nitrogens with one attached hydrogen (secondary N) is 1. The summed E-state index contributed by atoms with van der Waals surface area (Å²) >= 11 is 3.36. The molecule has 0 aliphatic rings. The molecule has 0 unspecified atom stereocenters. The second-order valence-electron chi connectivity index (χ2n) is 3.66. The van der Waals surface area contributed by atoms with Gasteiger partial charge in [0, 0.05) is 5.56 Å². The zero-order chi connectivity index (χ0) is 14.0. The second kappa shape index (κ2) is 5.31. The molecule has 7 heteroatoms. The van der Waals surface area contributed by atoms with Crippen molar-refractivity contribution in [3.05, 3.63) is 28.4 Å². The van der Waals surface area contributed by atoms with Crippen LogP contribution in [-0.2, 0) is 0 Å². The van der Waals surface area contributed by atoms with Gasteiger partial charge < -0.3 is 14.6 Å². The first kappa shape index (κ1) is 13.4. The maximum absolute atomic E-state index is 10.8. The Hall–Kier alpha value is -2.02. The molecular weight excluding hydrogens is 316 g/mol. The molecular formula is C12H11BrN2O4. The summed E-state index contributed by atoms with van der Waals surface area (Å²) < 4.78 is 11.2. The van der Waals surface area contributed by atoms with E-state index in [0.29, 0.717) is 22.8 Å². The molecule has 19 heavy (non-hydrogen) atoms. The number of carboxylic acid groups (broad SMARTS) is 1. The largest absolute Gasteiger partial charge is 0.496 e. The third-order valence-corrected chi connectivity index (χ3v) is 3.18. The van der Waals surface area contributed by atoms with Gasteiger partial charge in [-0.25, -0.2) is 4.79 Å². The Morgan fingerprint density at radius 3 is 2.47 bits per heavy atom. The number of hydrogen-bond donors (Lipinski definition) is 2. The van der Waals surface area contributed by atoms with Crippen LogP contribution in [0.15, 0.2) is 22.7 Å². The molecule has 0 radical (unpaired) electrons. The minimum absolute atomic E-state index is 0.0129. The molecule has 1 aromatic heterocycles. The van der Waals surface area contributed by atoms with Gasteiger partial charge in [-0.15, -0.1) is 0 Å². The Balaban J connectivity index is 2.55. The predicted octanol–water partition coefficient (Wildman–Crippen LogP) is 2.55. The van der Waals surface area contributed by atoms with Crippen LogP contribution in [0.2, 0.25) is 0 Å². The minimum atomic E-state index is -1.07. The van der Waals surface area contributed by atoms with Crippen molar-refractivity contribution in [1.29, 1.82) is 0 Å². The van der Waals surface area contributed by atoms with Crippen LogP contribution < -0.4 is 9.47 Å². The van der Waals surface area contributed by atoms with E-state index in [1.54, 1.807) is 19.2 Å². The van der Waals surface area contributed by atoms with Crippen molar-refractivity contribution in [2.24, 2.45) is 0 Å². The van der Waals surface area contributed by atoms with Crippen LogP contribution in [0, 0.1) is 0 Å². The SMILES string of the molecule is COc1cc(-c2cc(C(=O)O)[nH]n2)c(OC)cc1Br. The van der Waals surface area contributed by atoms with Gasteiger partial charge in [0.05, 0.1) is 24.4 Å². The Bertz CT molecular complexity index is 624. The first-order chi connectivity index (χ1) is 9.06. The predicted molar refractivity (Wildman–Crippen MR) is 71.8 cm³/mol. The van der Waals surface area contributed by atoms with E-state index in [1.807, 2.05) is 0 Å². The lowest BCUT2D eigenvalue weighted by molar-refractivity contribution is 0.0690. The van der Waals surface area contributed by atoms with Crippen LogP contribution in [0.4, 0.5) is 0 Å². The van der Waals surface area contributed by atoms with Gasteiger partial charge in [-0.3, -0.25) is 5.10 Å². The first-order valence-electron chi connectivity index (χ1n) is 5.27. The highest BCUT2D eigenvalue weighted by molar-refractivity contribution is 9.10. The van der Waals surface area contributed by atoms with Crippen molar-refractivity contribution in [3.63, 3.8) is 0 Å². The summed E-state index contributed by atoms with van der Waals surface area (Å²) in [5, 5.41) is 15.3. The van der Waals surface area contributed by atoms with Crippen molar-refractivity contribution in [2.45, 2.75) is 0 Å². The molecule has 0 amide bonds. The molecule has 0 fully saturated rings. The van der Waals surface area contributed by atoms with E-state index in [2.05, 4.69) is 26.1 Å². The number of carbonyl (C=O) groups is 1. The van der Waals surface area contributed by atoms with Gasteiger partial charge in [0.1, 0.15) is 17.2 Å². The molecule has 1 heterocycles. The highest BCUT2D eigenvalue weighted by atomic mass is 79.9. The molecule has 0 saturated heterocycles. The summed E-state index contributed by atoms with van der Waals surface area (Å²) in [6.45, 7) is 0. The Labute approximate surface area is 117 Å². The Kier molecular flexibility index (Phi) is 3.75. The average Bonchev–Trinajstić information content (AvgIpc) is 2.88. The van der Waals surface area contributed by atoms with Crippen molar-refractivity contribution in [3.8, 4) is 22.8 Å². The number of methoxy groups -OCH3 is 2. The van der Waals surface area contributed by atoms with E-state index < -0.39 is 5.97 Å². The number of halogens is 1. The van der Waals surface area contributed by atoms with Gasteiger partial charge in [0.15, 0.2) is 0 Å². The van der Waals surface area contributed by atoms with Crippen molar-refractivity contribution >= 4 is 21.9 Å². The summed E-state index contributed by atoms with van der Waals surface area (Å²) in [4.78, 5) is 10.8. The van der Waals surface area contributed by atoms with Crippen LogP contribution in [0.5, 0.6) is 11.5 Å². The van der Waals surface area contributed by atoms with Gasteiger partial charge >= 0.3 is 5.97 Å². The van der Waals surface area contributed by atoms with Crippen LogP contribution in [0.25, 0.3) is 11.3 Å². The minimum Gasteiger partial charge on any atom is -0.496 e. The third kappa shape index (κ3) is 2.55. The number of H-pyrrole nitrogens is 1. The lowest BCUT2D eigenvalue weighted by atomic mass is 10.1. The van der Waals surface area contributed by atoms with Crippen LogP contribution in [0.3, 0.4) is 0 Å². The molecule has 0 aliphatic carbocycles. The Morgan fingerprint density at radius 2 is 1.95 bits per heavy atom. The van der Waals surface area contributed by atoms with E-state index >= 15 is 0 Å². The average molecular weight is 327 g/mol. The van der Waals surface area contributed by atoms with E-state index in [-0.39, 0.29) is 5.69 Å². The fourth-order valence-corrected chi connectivity index (χ4v) is 2.11. The molecule has 2 N–H and O–H groups in total. The number of aromatic amines is 1. The number of rotatable bonds is 4. The second-order valence-corrected chi connectivity index (χ2v) is 4.51. The maximum atomic E-state index is 10.8. The summed E-state index contributed by atoms with van der Waals surface area (Å²) in [6, 6.07) is 4.90. The lowest BCUT2D eigenvalue weighted by Crippen LogP contribution is -1.95. The summed E-state index contributed by atoms with van der Waals surface area (Å²) in [5.74, 6) is 0.105. The van der Waals surface area contributed by atoms with E-state index in [1.165, 1.54) is 13.2 Å². The number of hydrogen-bond acceptors (Lipinski definition) is 4. The topological polar surface area (TPSA) is 84.4 Å². The highest BCUT2D eigenvalue weighted by Crippen LogP contribution is 2.37. The highest BCUT2D eigenvalue weighted by Gasteiger charge is 2.15. The molecule has 0 saturated carbocycles. The summed E-state index contributed by atoms with van der Waals surface area (Å²) in [6.07, 6.45) is 0.